The summed E-state index contributed by atoms with van der Waals surface area (Å²) >= 11 is 5.45. The summed E-state index contributed by atoms with van der Waals surface area (Å²) in [5, 5.41) is 0. The van der Waals surface area contributed by atoms with Gasteiger partial charge in [-0.05, 0) is 24.4 Å². The summed E-state index contributed by atoms with van der Waals surface area (Å²) in [7, 11) is 0. The van der Waals surface area contributed by atoms with Crippen LogP contribution in [-0.4, -0.2) is 63.8 Å². The maximum atomic E-state index is 5.74. The molecule has 6 nitrogen and oxygen atoms in total. The predicted octanol–water partition coefficient (Wildman–Crippen LogP) is -1.57. The average molecular weight is 340 g/mol. The zero-order valence-electron chi connectivity index (χ0n) is 12.2. The highest BCUT2D eigenvalue weighted by molar-refractivity contribution is 7.71. The van der Waals surface area contributed by atoms with Crippen LogP contribution < -0.4 is 12.4 Å². The number of hydrogen-bond acceptors (Lipinski definition) is 5. The first kappa shape index (κ1) is 14.6. The molecular formula is C14H18ClN5OS. The van der Waals surface area contributed by atoms with Crippen molar-refractivity contribution >= 4 is 23.3 Å². The quantitative estimate of drug-likeness (QED) is 0.487. The molecule has 4 bridgehead atoms. The van der Waals surface area contributed by atoms with E-state index < -0.39 is 0 Å². The Morgan fingerprint density at radius 1 is 1.00 bits per heavy atom. The summed E-state index contributed by atoms with van der Waals surface area (Å²) in [5.74, 6) is 0. The second kappa shape index (κ2) is 5.02. The van der Waals surface area contributed by atoms with Crippen LogP contribution >= 0.6 is 12.2 Å². The lowest BCUT2D eigenvalue weighted by Crippen LogP contribution is -3.00. The normalized spacial score (nSPS) is 35.7. The van der Waals surface area contributed by atoms with Gasteiger partial charge in [-0.15, -0.1) is 0 Å². The van der Waals surface area contributed by atoms with Crippen molar-refractivity contribution in [3.8, 4) is 0 Å². The molecule has 22 heavy (non-hydrogen) atoms. The van der Waals surface area contributed by atoms with Crippen molar-refractivity contribution < 1.29 is 21.3 Å². The fourth-order valence-corrected chi connectivity index (χ4v) is 4.49. The first-order chi connectivity index (χ1) is 10.2. The van der Waals surface area contributed by atoms with E-state index in [2.05, 4.69) is 25.3 Å². The number of oxazole rings is 1. The smallest absolute Gasteiger partial charge is 0.274 e. The fraction of sp³-hybridized carbons (Fsp3) is 0.500. The van der Waals surface area contributed by atoms with E-state index in [-0.39, 0.29) is 12.4 Å². The van der Waals surface area contributed by atoms with Gasteiger partial charge in [0, 0.05) is 0 Å². The molecule has 0 N–H and O–H groups in total. The van der Waals surface area contributed by atoms with E-state index >= 15 is 0 Å². The molecule has 5 heterocycles. The molecule has 1 aromatic carbocycles. The van der Waals surface area contributed by atoms with Crippen molar-refractivity contribution in [3.05, 3.63) is 29.1 Å². The lowest BCUT2D eigenvalue weighted by Gasteiger charge is -2.60. The van der Waals surface area contributed by atoms with Gasteiger partial charge in [0.2, 0.25) is 0 Å². The van der Waals surface area contributed by atoms with Gasteiger partial charge >= 0.3 is 0 Å². The molecule has 8 heteroatoms. The van der Waals surface area contributed by atoms with Gasteiger partial charge in [-0.2, -0.15) is 0 Å². The molecule has 2 aromatic rings. The van der Waals surface area contributed by atoms with E-state index in [1.54, 1.807) is 0 Å². The minimum atomic E-state index is 0. The SMILES string of the molecule is S=c1oc2ccccc2n1C[N+]12CN3CN(CN(C3)C1)C2.[Cl-]. The molecule has 4 aliphatic heterocycles. The molecule has 4 saturated heterocycles. The Balaban J connectivity index is 0.00000125. The van der Waals surface area contributed by atoms with Crippen LogP contribution in [0.4, 0.5) is 0 Å². The standard InChI is InChI=1S/C14H18N5OS.ClH/c21-14-18(12-3-1-2-4-13(12)20-14)11-19-8-15-5-16(9-19)7-17(6-15)10-19;/h1-4H,5-11H2;1H/q+1;/p-1. The molecule has 118 valence electrons. The van der Waals surface area contributed by atoms with E-state index in [0.717, 1.165) is 62.3 Å². The number of halogens is 1. The van der Waals surface area contributed by atoms with Crippen LogP contribution in [0.15, 0.2) is 28.7 Å². The highest BCUT2D eigenvalue weighted by Crippen LogP contribution is 2.30. The molecular weight excluding hydrogens is 322 g/mol. The summed E-state index contributed by atoms with van der Waals surface area (Å²) in [6.45, 7) is 7.52. The second-order valence-corrected chi connectivity index (χ2v) is 6.96. The van der Waals surface area contributed by atoms with Crippen LogP contribution in [0.25, 0.3) is 11.1 Å². The number of para-hydroxylation sites is 2. The Morgan fingerprint density at radius 3 is 2.23 bits per heavy atom. The molecule has 0 spiro atoms. The monoisotopic (exact) mass is 339 g/mol. The Bertz CT molecular complexity index is 737. The summed E-state index contributed by atoms with van der Waals surface area (Å²) in [4.78, 5) is 8.14. The van der Waals surface area contributed by atoms with Crippen molar-refractivity contribution in [1.82, 2.24) is 19.3 Å². The average Bonchev–Trinajstić information content (AvgIpc) is 2.73. The second-order valence-electron chi connectivity index (χ2n) is 6.61. The Morgan fingerprint density at radius 2 is 1.59 bits per heavy atom. The molecule has 0 unspecified atom stereocenters. The number of nitrogens with zero attached hydrogens (tertiary/aromatic N) is 5. The third-order valence-corrected chi connectivity index (χ3v) is 5.02. The highest BCUT2D eigenvalue weighted by Gasteiger charge is 2.48. The Kier molecular flexibility index (Phi) is 3.34. The van der Waals surface area contributed by atoms with Gasteiger partial charge in [-0.1, -0.05) is 12.1 Å². The van der Waals surface area contributed by atoms with Gasteiger partial charge in [-0.25, -0.2) is 14.7 Å². The van der Waals surface area contributed by atoms with Crippen LogP contribution in [0.2, 0.25) is 0 Å². The molecule has 0 aliphatic carbocycles. The maximum Gasteiger partial charge on any atom is 0.274 e. The maximum absolute atomic E-state index is 5.74. The minimum Gasteiger partial charge on any atom is -1.00 e. The molecule has 0 radical (unpaired) electrons. The van der Waals surface area contributed by atoms with Gasteiger partial charge in [-0.3, -0.25) is 9.05 Å². The summed E-state index contributed by atoms with van der Waals surface area (Å²) in [5.41, 5.74) is 1.99. The topological polar surface area (TPSA) is 27.8 Å². The lowest BCUT2D eigenvalue weighted by atomic mass is 10.3. The summed E-state index contributed by atoms with van der Waals surface area (Å²) in [6, 6.07) is 8.13. The molecule has 0 atom stereocenters. The van der Waals surface area contributed by atoms with E-state index in [1.165, 1.54) is 0 Å². The third-order valence-electron chi connectivity index (χ3n) is 4.72. The molecule has 1 aromatic heterocycles. The van der Waals surface area contributed by atoms with Crippen molar-refractivity contribution in [1.29, 1.82) is 0 Å². The van der Waals surface area contributed by atoms with Gasteiger partial charge < -0.3 is 16.8 Å². The van der Waals surface area contributed by atoms with E-state index in [0.29, 0.717) is 4.84 Å². The Labute approximate surface area is 140 Å². The Hall–Kier alpha value is -0.960. The first-order valence-corrected chi connectivity index (χ1v) is 7.72. The summed E-state index contributed by atoms with van der Waals surface area (Å²) in [6.07, 6.45) is 0. The number of hydrogen-bond donors (Lipinski definition) is 0. The number of benzene rings is 1. The van der Waals surface area contributed by atoms with E-state index in [9.17, 15) is 0 Å². The van der Waals surface area contributed by atoms with Crippen LogP contribution in [-0.2, 0) is 6.67 Å². The van der Waals surface area contributed by atoms with Gasteiger partial charge in [0.1, 0.15) is 20.0 Å². The van der Waals surface area contributed by atoms with E-state index in [4.69, 9.17) is 16.6 Å². The van der Waals surface area contributed by atoms with Crippen molar-refractivity contribution in [3.63, 3.8) is 0 Å². The molecule has 6 rings (SSSR count). The fourth-order valence-electron chi connectivity index (χ4n) is 4.24. The number of fused-ring (bicyclic) bond motifs is 1. The molecule has 4 aliphatic rings. The molecule has 0 saturated carbocycles. The largest absolute Gasteiger partial charge is 1.00 e. The van der Waals surface area contributed by atoms with Gasteiger partial charge in [0.05, 0.1) is 25.5 Å². The third kappa shape index (κ3) is 2.12. The van der Waals surface area contributed by atoms with E-state index in [1.807, 2.05) is 18.2 Å². The first-order valence-electron chi connectivity index (χ1n) is 7.31. The van der Waals surface area contributed by atoms with Crippen molar-refractivity contribution in [2.75, 3.05) is 40.0 Å². The lowest BCUT2D eigenvalue weighted by molar-refractivity contribution is -0.998. The van der Waals surface area contributed by atoms with Gasteiger partial charge in [0.25, 0.3) is 4.84 Å². The van der Waals surface area contributed by atoms with Crippen LogP contribution in [0.3, 0.4) is 0 Å². The number of quaternary nitrogens is 1. The summed E-state index contributed by atoms with van der Waals surface area (Å²) < 4.78 is 8.93. The van der Waals surface area contributed by atoms with Crippen molar-refractivity contribution in [2.45, 2.75) is 6.67 Å². The van der Waals surface area contributed by atoms with Crippen LogP contribution in [0.1, 0.15) is 0 Å². The number of aromatic nitrogens is 1. The zero-order chi connectivity index (χ0) is 14.0. The zero-order valence-corrected chi connectivity index (χ0v) is 13.8. The minimum absolute atomic E-state index is 0. The molecule has 4 fully saturated rings. The number of rotatable bonds is 2. The predicted molar refractivity (Wildman–Crippen MR) is 80.0 cm³/mol. The van der Waals surface area contributed by atoms with Gasteiger partial charge in [0.15, 0.2) is 12.3 Å². The van der Waals surface area contributed by atoms with Crippen LogP contribution in [0, 0.1) is 4.84 Å². The van der Waals surface area contributed by atoms with Crippen LogP contribution in [0.5, 0.6) is 0 Å². The van der Waals surface area contributed by atoms with Crippen molar-refractivity contribution in [2.24, 2.45) is 0 Å². The highest BCUT2D eigenvalue weighted by atomic mass is 35.5. The molecule has 0 amide bonds.